The van der Waals surface area contributed by atoms with Crippen LogP contribution >= 0.6 is 0 Å². The molecule has 1 aromatic heterocycles. The van der Waals surface area contributed by atoms with Crippen LogP contribution in [0.4, 0.5) is 0 Å². The topological polar surface area (TPSA) is 67.2 Å². The third-order valence-corrected chi connectivity index (χ3v) is 6.35. The Labute approximate surface area is 140 Å². The lowest BCUT2D eigenvalue weighted by Gasteiger charge is -2.19. The summed E-state index contributed by atoms with van der Waals surface area (Å²) in [5.74, 6) is 0.423. The molecule has 1 N–H and O–H groups in total. The number of hydrogen-bond acceptors (Lipinski definition) is 4. The number of aryl methyl sites for hydroxylation is 1. The predicted molar refractivity (Wildman–Crippen MR) is 92.0 cm³/mol. The first-order valence-electron chi connectivity index (χ1n) is 8.34. The third-order valence-electron chi connectivity index (χ3n) is 4.58. The fourth-order valence-electron chi connectivity index (χ4n) is 3.41. The molecule has 1 saturated carbocycles. The monoisotopic (exact) mass is 342 g/mol. The molecule has 23 heavy (non-hydrogen) atoms. The average molecular weight is 343 g/mol. The molecule has 1 aliphatic rings. The molecule has 6 nitrogen and oxygen atoms in total. The highest BCUT2D eigenvalue weighted by Gasteiger charge is 2.32. The summed E-state index contributed by atoms with van der Waals surface area (Å²) >= 11 is 0. The minimum absolute atomic E-state index is 0.0136. The standard InChI is InChI=1S/C16H30N4O2S/c1-11(2)10-20-13(4)16(12(3)17-20)23(21,22)18-14-7-8-15(9-14)19(5)6/h11,14-15,18H,7-10H2,1-6H3/t14-,15-/m0/s1. The molecule has 7 heteroatoms. The molecule has 0 amide bonds. The van der Waals surface area contributed by atoms with E-state index in [1.54, 1.807) is 6.92 Å². The van der Waals surface area contributed by atoms with Crippen LogP contribution in [0.1, 0.15) is 44.5 Å². The molecule has 1 heterocycles. The SMILES string of the molecule is Cc1nn(CC(C)C)c(C)c1S(=O)(=O)N[C@H]1CC[C@H](N(C)C)C1. The van der Waals surface area contributed by atoms with Gasteiger partial charge in [0.1, 0.15) is 4.90 Å². The molecule has 1 aromatic rings. The van der Waals surface area contributed by atoms with Gasteiger partial charge in [-0.25, -0.2) is 13.1 Å². The maximum Gasteiger partial charge on any atom is 0.244 e. The Morgan fingerprint density at radius 2 is 1.96 bits per heavy atom. The summed E-state index contributed by atoms with van der Waals surface area (Å²) < 4.78 is 30.4. The zero-order valence-corrected chi connectivity index (χ0v) is 15.9. The van der Waals surface area contributed by atoms with Gasteiger partial charge in [0.05, 0.1) is 11.4 Å². The van der Waals surface area contributed by atoms with Gasteiger partial charge in [0.2, 0.25) is 10.0 Å². The summed E-state index contributed by atoms with van der Waals surface area (Å²) in [7, 11) is 0.574. The molecule has 132 valence electrons. The van der Waals surface area contributed by atoms with Crippen molar-refractivity contribution in [3.8, 4) is 0 Å². The molecule has 0 aliphatic heterocycles. The lowest BCUT2D eigenvalue weighted by atomic mass is 10.2. The Kier molecular flexibility index (Phi) is 5.53. The molecule has 2 rings (SSSR count). The first-order valence-corrected chi connectivity index (χ1v) is 9.83. The lowest BCUT2D eigenvalue weighted by Crippen LogP contribution is -2.35. The van der Waals surface area contributed by atoms with Crippen LogP contribution in [-0.2, 0) is 16.6 Å². The van der Waals surface area contributed by atoms with Gasteiger partial charge >= 0.3 is 0 Å². The second kappa shape index (κ2) is 6.91. The summed E-state index contributed by atoms with van der Waals surface area (Å²) in [4.78, 5) is 2.53. The van der Waals surface area contributed by atoms with Gasteiger partial charge < -0.3 is 4.90 Å². The number of sulfonamides is 1. The van der Waals surface area contributed by atoms with E-state index in [1.807, 2.05) is 25.7 Å². The van der Waals surface area contributed by atoms with Crippen molar-refractivity contribution >= 4 is 10.0 Å². The van der Waals surface area contributed by atoms with Crippen molar-refractivity contribution in [2.75, 3.05) is 14.1 Å². The van der Waals surface area contributed by atoms with E-state index in [0.29, 0.717) is 22.5 Å². The van der Waals surface area contributed by atoms with Crippen LogP contribution in [0.15, 0.2) is 4.90 Å². The Morgan fingerprint density at radius 1 is 1.30 bits per heavy atom. The molecule has 0 bridgehead atoms. The lowest BCUT2D eigenvalue weighted by molar-refractivity contribution is 0.295. The van der Waals surface area contributed by atoms with Crippen molar-refractivity contribution < 1.29 is 8.42 Å². The Bertz CT molecular complexity index is 649. The molecular formula is C16H30N4O2S. The highest BCUT2D eigenvalue weighted by molar-refractivity contribution is 7.89. The van der Waals surface area contributed by atoms with Crippen molar-refractivity contribution in [1.29, 1.82) is 0 Å². The van der Waals surface area contributed by atoms with Gasteiger partial charge in [-0.2, -0.15) is 5.10 Å². The van der Waals surface area contributed by atoms with E-state index in [2.05, 4.69) is 28.6 Å². The minimum atomic E-state index is -3.52. The van der Waals surface area contributed by atoms with Gasteiger partial charge in [-0.1, -0.05) is 13.8 Å². The third kappa shape index (κ3) is 4.14. The van der Waals surface area contributed by atoms with E-state index in [0.717, 1.165) is 31.5 Å². The first-order chi connectivity index (χ1) is 10.6. The van der Waals surface area contributed by atoms with Gasteiger partial charge in [-0.3, -0.25) is 4.68 Å². The number of nitrogens with one attached hydrogen (secondary N) is 1. The average Bonchev–Trinajstić information content (AvgIpc) is 2.94. The van der Waals surface area contributed by atoms with E-state index in [4.69, 9.17) is 0 Å². The number of aromatic nitrogens is 2. The van der Waals surface area contributed by atoms with Crippen LogP contribution in [0, 0.1) is 19.8 Å². The number of nitrogens with zero attached hydrogens (tertiary/aromatic N) is 3. The van der Waals surface area contributed by atoms with Gasteiger partial charge in [-0.15, -0.1) is 0 Å². The van der Waals surface area contributed by atoms with Crippen LogP contribution in [0.5, 0.6) is 0 Å². The summed E-state index contributed by atoms with van der Waals surface area (Å²) in [5.41, 5.74) is 1.31. The minimum Gasteiger partial charge on any atom is -0.306 e. The maximum atomic E-state index is 12.8. The number of hydrogen-bond donors (Lipinski definition) is 1. The molecule has 1 fully saturated rings. The zero-order valence-electron chi connectivity index (χ0n) is 15.1. The summed E-state index contributed by atoms with van der Waals surface area (Å²) in [6.45, 7) is 8.55. The van der Waals surface area contributed by atoms with E-state index in [1.165, 1.54) is 0 Å². The second-order valence-electron chi connectivity index (χ2n) is 7.32. The van der Waals surface area contributed by atoms with Gasteiger partial charge in [0, 0.05) is 18.6 Å². The maximum absolute atomic E-state index is 12.8. The van der Waals surface area contributed by atoms with Crippen LogP contribution in [0.25, 0.3) is 0 Å². The van der Waals surface area contributed by atoms with Crippen LogP contribution in [0.2, 0.25) is 0 Å². The molecule has 0 aromatic carbocycles. The second-order valence-corrected chi connectivity index (χ2v) is 8.98. The van der Waals surface area contributed by atoms with E-state index < -0.39 is 10.0 Å². The van der Waals surface area contributed by atoms with Crippen molar-refractivity contribution in [2.24, 2.45) is 5.92 Å². The molecule has 1 aliphatic carbocycles. The smallest absolute Gasteiger partial charge is 0.244 e. The number of rotatable bonds is 6. The Morgan fingerprint density at radius 3 is 2.48 bits per heavy atom. The van der Waals surface area contributed by atoms with E-state index >= 15 is 0 Å². The molecule has 0 spiro atoms. The predicted octanol–water partition coefficient (Wildman–Crippen LogP) is 1.92. The van der Waals surface area contributed by atoms with E-state index in [-0.39, 0.29) is 6.04 Å². The highest BCUT2D eigenvalue weighted by atomic mass is 32.2. The van der Waals surface area contributed by atoms with Crippen molar-refractivity contribution in [3.63, 3.8) is 0 Å². The quantitative estimate of drug-likeness (QED) is 0.858. The van der Waals surface area contributed by atoms with E-state index in [9.17, 15) is 8.42 Å². The Balaban J connectivity index is 2.19. The summed E-state index contributed by atoms with van der Waals surface area (Å²) in [6.07, 6.45) is 2.79. The summed E-state index contributed by atoms with van der Waals surface area (Å²) in [6, 6.07) is 0.466. The van der Waals surface area contributed by atoms with Crippen LogP contribution < -0.4 is 4.72 Å². The molecule has 2 atom stereocenters. The fraction of sp³-hybridized carbons (Fsp3) is 0.812. The van der Waals surface area contributed by atoms with Crippen molar-refractivity contribution in [1.82, 2.24) is 19.4 Å². The van der Waals surface area contributed by atoms with Crippen LogP contribution in [0.3, 0.4) is 0 Å². The van der Waals surface area contributed by atoms with Gasteiger partial charge in [-0.05, 0) is 53.1 Å². The molecule has 0 unspecified atom stereocenters. The highest BCUT2D eigenvalue weighted by Crippen LogP contribution is 2.26. The molecular weight excluding hydrogens is 312 g/mol. The largest absolute Gasteiger partial charge is 0.306 e. The van der Waals surface area contributed by atoms with Crippen LogP contribution in [-0.4, -0.2) is 49.3 Å². The first kappa shape index (κ1) is 18.4. The Hall–Kier alpha value is -0.920. The van der Waals surface area contributed by atoms with Crippen molar-refractivity contribution in [2.45, 2.75) is 70.5 Å². The van der Waals surface area contributed by atoms with Gasteiger partial charge in [0.15, 0.2) is 0 Å². The fourth-order valence-corrected chi connectivity index (χ4v) is 5.10. The van der Waals surface area contributed by atoms with Gasteiger partial charge in [0.25, 0.3) is 0 Å². The molecule has 0 saturated heterocycles. The summed E-state index contributed by atoms with van der Waals surface area (Å²) in [5, 5.41) is 4.42. The van der Waals surface area contributed by atoms with Crippen molar-refractivity contribution in [3.05, 3.63) is 11.4 Å². The normalized spacial score (nSPS) is 22.4. The molecule has 0 radical (unpaired) electrons. The zero-order chi connectivity index (χ0) is 17.4.